The zero-order chi connectivity index (χ0) is 31.4. The molecule has 1 aromatic heterocycles. The summed E-state index contributed by atoms with van der Waals surface area (Å²) < 4.78 is 80.1. The van der Waals surface area contributed by atoms with Crippen molar-refractivity contribution in [3.63, 3.8) is 0 Å². The van der Waals surface area contributed by atoms with Gasteiger partial charge in [-0.2, -0.15) is 13.2 Å². The molecule has 0 saturated heterocycles. The Hall–Kier alpha value is -4.10. The molecule has 10 nitrogen and oxygen atoms in total. The fourth-order valence-corrected chi connectivity index (χ4v) is 7.07. The van der Waals surface area contributed by atoms with Crippen LogP contribution in [0.1, 0.15) is 39.9 Å². The highest BCUT2D eigenvalue weighted by atomic mass is 32.2. The number of carbonyl (C=O) groups excluding carboxylic acids is 3. The first kappa shape index (κ1) is 31.8. The maximum absolute atomic E-state index is 15.1. The zero-order valence-electron chi connectivity index (χ0n) is 22.3. The number of benzene rings is 2. The molecule has 2 aromatic carbocycles. The minimum Gasteiger partial charge on any atom is -0.352 e. The van der Waals surface area contributed by atoms with Gasteiger partial charge < -0.3 is 20.8 Å². The Balaban J connectivity index is 1.62. The third kappa shape index (κ3) is 8.48. The minimum absolute atomic E-state index is 0.0210. The molecular weight excluding hydrogens is 614 g/mol. The Morgan fingerprint density at radius 1 is 1.12 bits per heavy atom. The summed E-state index contributed by atoms with van der Waals surface area (Å²) >= 11 is 0.698. The van der Waals surface area contributed by atoms with Crippen molar-refractivity contribution in [3.05, 3.63) is 64.2 Å². The lowest BCUT2D eigenvalue weighted by Gasteiger charge is -2.16. The van der Waals surface area contributed by atoms with Crippen molar-refractivity contribution in [3.8, 4) is 11.1 Å². The molecule has 43 heavy (non-hydrogen) atoms. The van der Waals surface area contributed by atoms with Crippen LogP contribution >= 0.6 is 11.3 Å². The van der Waals surface area contributed by atoms with Crippen LogP contribution < -0.4 is 16.0 Å². The van der Waals surface area contributed by atoms with E-state index in [0.717, 1.165) is 18.9 Å². The van der Waals surface area contributed by atoms with E-state index in [2.05, 4.69) is 25.8 Å². The van der Waals surface area contributed by atoms with Crippen LogP contribution in [0.4, 0.5) is 17.6 Å². The van der Waals surface area contributed by atoms with Gasteiger partial charge in [0.1, 0.15) is 10.8 Å². The highest BCUT2D eigenvalue weighted by Crippen LogP contribution is 2.36. The number of fused-ring (bicyclic) bond motifs is 1. The highest BCUT2D eigenvalue weighted by molar-refractivity contribution is 7.92. The molecule has 4 rings (SSSR count). The standard InChI is InChI=1S/C27H25F4N5O5S2/c1-32-9-10-33-24(38)16-4-2-15(3-5-16)18-12-21-20(13-19(18)28)36-26(42-21)23(43(40,41)11-8-27(29,30)31)25(39)34-14-22(37)35-17-6-7-17/h2-5,12-13,17,23H,6-11,14H2,(H,33,38)(H,34,39)(H,35,37). The molecule has 3 aromatic rings. The molecule has 228 valence electrons. The second kappa shape index (κ2) is 13.0. The quantitative estimate of drug-likeness (QED) is 0.157. The third-order valence-electron chi connectivity index (χ3n) is 6.32. The van der Waals surface area contributed by atoms with Crippen molar-refractivity contribution in [2.45, 2.75) is 36.7 Å². The number of carbonyl (C=O) groups is 3. The fraction of sp³-hybridized carbons (Fsp3) is 0.370. The Kier molecular flexibility index (Phi) is 9.65. The Bertz CT molecular complexity index is 1680. The second-order valence-corrected chi connectivity index (χ2v) is 13.0. The van der Waals surface area contributed by atoms with Gasteiger partial charge in [-0.05, 0) is 36.6 Å². The van der Waals surface area contributed by atoms with Crippen LogP contribution in [0.3, 0.4) is 0 Å². The molecule has 3 N–H and O–H groups in total. The van der Waals surface area contributed by atoms with Crippen LogP contribution in [-0.2, 0) is 19.4 Å². The van der Waals surface area contributed by atoms with Crippen LogP contribution in [0.5, 0.6) is 0 Å². The van der Waals surface area contributed by atoms with Crippen LogP contribution in [0.25, 0.3) is 26.2 Å². The highest BCUT2D eigenvalue weighted by Gasteiger charge is 2.40. The van der Waals surface area contributed by atoms with Crippen molar-refractivity contribution in [2.75, 3.05) is 25.4 Å². The molecule has 1 unspecified atom stereocenters. The van der Waals surface area contributed by atoms with Crippen molar-refractivity contribution in [2.24, 2.45) is 0 Å². The first-order valence-electron chi connectivity index (χ1n) is 12.9. The lowest BCUT2D eigenvalue weighted by Crippen LogP contribution is -2.41. The number of hydrogen-bond acceptors (Lipinski definition) is 7. The van der Waals surface area contributed by atoms with Gasteiger partial charge >= 0.3 is 6.18 Å². The lowest BCUT2D eigenvalue weighted by atomic mass is 10.0. The van der Waals surface area contributed by atoms with E-state index in [4.69, 9.17) is 6.57 Å². The van der Waals surface area contributed by atoms with Crippen molar-refractivity contribution in [1.29, 1.82) is 0 Å². The molecule has 3 amide bonds. The molecule has 0 aliphatic heterocycles. The normalized spacial score (nSPS) is 14.1. The van der Waals surface area contributed by atoms with Gasteiger partial charge in [0.25, 0.3) is 5.91 Å². The average molecular weight is 640 g/mol. The van der Waals surface area contributed by atoms with Crippen molar-refractivity contribution in [1.82, 2.24) is 20.9 Å². The summed E-state index contributed by atoms with van der Waals surface area (Å²) in [6.07, 6.45) is -4.97. The van der Waals surface area contributed by atoms with Gasteiger partial charge in [-0.1, -0.05) is 12.1 Å². The minimum atomic E-state index is -4.81. The predicted molar refractivity (Wildman–Crippen MR) is 150 cm³/mol. The molecule has 1 aliphatic rings. The zero-order valence-corrected chi connectivity index (χ0v) is 24.0. The number of alkyl halides is 3. The molecule has 0 bridgehead atoms. The molecule has 1 aliphatic carbocycles. The molecule has 1 atom stereocenters. The van der Waals surface area contributed by atoms with Crippen LogP contribution in [0.2, 0.25) is 0 Å². The number of thiazole rings is 1. The second-order valence-electron chi connectivity index (χ2n) is 9.74. The van der Waals surface area contributed by atoms with E-state index in [-0.39, 0.29) is 45.5 Å². The molecule has 1 heterocycles. The van der Waals surface area contributed by atoms with Gasteiger partial charge in [-0.3, -0.25) is 14.4 Å². The molecule has 16 heteroatoms. The maximum atomic E-state index is 15.1. The summed E-state index contributed by atoms with van der Waals surface area (Å²) in [6.45, 7) is 6.46. The van der Waals surface area contributed by atoms with E-state index in [0.29, 0.717) is 16.9 Å². The Morgan fingerprint density at radius 2 is 1.81 bits per heavy atom. The number of rotatable bonds is 12. The van der Waals surface area contributed by atoms with Crippen LogP contribution in [0.15, 0.2) is 36.4 Å². The van der Waals surface area contributed by atoms with Gasteiger partial charge in [0, 0.05) is 23.2 Å². The molecule has 1 fully saturated rings. The average Bonchev–Trinajstić information content (AvgIpc) is 3.67. The van der Waals surface area contributed by atoms with Gasteiger partial charge in [0.05, 0.1) is 35.5 Å². The maximum Gasteiger partial charge on any atom is 0.390 e. The summed E-state index contributed by atoms with van der Waals surface area (Å²) in [5.74, 6) is -4.37. The number of amides is 3. The number of halogens is 4. The van der Waals surface area contributed by atoms with E-state index in [9.17, 15) is 36.0 Å². The summed E-state index contributed by atoms with van der Waals surface area (Å²) in [5, 5.41) is 4.82. The number of aromatic nitrogens is 1. The fourth-order valence-electron chi connectivity index (χ4n) is 4.00. The monoisotopic (exact) mass is 639 g/mol. The predicted octanol–water partition coefficient (Wildman–Crippen LogP) is 3.55. The van der Waals surface area contributed by atoms with Gasteiger partial charge in [-0.25, -0.2) is 24.4 Å². The number of sulfone groups is 1. The van der Waals surface area contributed by atoms with E-state index in [1.807, 2.05) is 0 Å². The van der Waals surface area contributed by atoms with E-state index in [1.54, 1.807) is 0 Å². The first-order chi connectivity index (χ1) is 20.3. The first-order valence-corrected chi connectivity index (χ1v) is 15.5. The molecule has 1 saturated carbocycles. The summed E-state index contributed by atoms with van der Waals surface area (Å²) in [4.78, 5) is 44.4. The Morgan fingerprint density at radius 3 is 2.44 bits per heavy atom. The number of nitrogens with one attached hydrogen (secondary N) is 3. The molecular formula is C27H25F4N5O5S2. The van der Waals surface area contributed by atoms with E-state index in [1.165, 1.54) is 30.3 Å². The van der Waals surface area contributed by atoms with Crippen molar-refractivity contribution < 1.29 is 40.4 Å². The molecule has 0 spiro atoms. The lowest BCUT2D eigenvalue weighted by molar-refractivity contribution is -0.130. The van der Waals surface area contributed by atoms with E-state index >= 15 is 4.39 Å². The summed E-state index contributed by atoms with van der Waals surface area (Å²) in [6, 6.07) is 8.22. The van der Waals surface area contributed by atoms with Crippen LogP contribution in [0, 0.1) is 12.4 Å². The van der Waals surface area contributed by atoms with Crippen LogP contribution in [-0.4, -0.2) is 68.7 Å². The van der Waals surface area contributed by atoms with Gasteiger partial charge in [0.15, 0.2) is 15.1 Å². The smallest absolute Gasteiger partial charge is 0.352 e. The summed E-state index contributed by atoms with van der Waals surface area (Å²) in [5.41, 5.74) is 0.688. The SMILES string of the molecule is [C-]#[N+]CCNC(=O)c1ccc(-c2cc3sc(C(C(=O)NCC(=O)NC4CC4)S(=O)(=O)CCC(F)(F)F)nc3cc2F)cc1. The molecule has 0 radical (unpaired) electrons. The summed E-state index contributed by atoms with van der Waals surface area (Å²) in [7, 11) is -4.77. The number of nitrogens with zero attached hydrogens (tertiary/aromatic N) is 2. The van der Waals surface area contributed by atoms with Gasteiger partial charge in [0.2, 0.25) is 18.4 Å². The van der Waals surface area contributed by atoms with Gasteiger partial charge in [-0.15, -0.1) is 11.3 Å². The van der Waals surface area contributed by atoms with Crippen molar-refractivity contribution >= 4 is 49.1 Å². The Labute approximate surface area is 247 Å². The number of hydrogen-bond donors (Lipinski definition) is 3. The van der Waals surface area contributed by atoms with E-state index < -0.39 is 63.5 Å². The topological polar surface area (TPSA) is 139 Å². The largest absolute Gasteiger partial charge is 0.390 e. The third-order valence-corrected chi connectivity index (χ3v) is 9.48.